The Hall–Kier alpha value is -0.650. The van der Waals surface area contributed by atoms with Crippen LogP contribution >= 0.6 is 27.3 Å². The van der Waals surface area contributed by atoms with Crippen molar-refractivity contribution in [2.24, 2.45) is 0 Å². The predicted molar refractivity (Wildman–Crippen MR) is 87.3 cm³/mol. The first-order valence-electron chi connectivity index (χ1n) is 7.21. The molecule has 3 rings (SSSR count). The quantitative estimate of drug-likeness (QED) is 0.866. The van der Waals surface area contributed by atoms with E-state index in [1.807, 2.05) is 7.05 Å². The molecule has 5 heteroatoms. The Morgan fingerprint density at radius 2 is 2.30 bits per heavy atom. The van der Waals surface area contributed by atoms with E-state index in [9.17, 15) is 0 Å². The van der Waals surface area contributed by atoms with Gasteiger partial charge in [0, 0.05) is 33.4 Å². The van der Waals surface area contributed by atoms with Crippen molar-refractivity contribution in [1.82, 2.24) is 15.1 Å². The van der Waals surface area contributed by atoms with Crippen LogP contribution in [0, 0.1) is 0 Å². The molecule has 108 valence electrons. The molecule has 1 N–H and O–H groups in total. The molecule has 0 amide bonds. The third-order valence-electron chi connectivity index (χ3n) is 4.06. The number of likely N-dealkylation sites (N-methyl/N-ethyl adjacent to an activating group) is 1. The SMILES string of the molecule is CNC(Cc1ccn(C2CCCC2)n1)c1cc(Br)cs1. The molecule has 0 bridgehead atoms. The van der Waals surface area contributed by atoms with Gasteiger partial charge in [-0.1, -0.05) is 12.8 Å². The fraction of sp³-hybridized carbons (Fsp3) is 0.533. The van der Waals surface area contributed by atoms with Crippen molar-refractivity contribution in [3.63, 3.8) is 0 Å². The van der Waals surface area contributed by atoms with Crippen molar-refractivity contribution < 1.29 is 0 Å². The average Bonchev–Trinajstić information content (AvgIpc) is 3.16. The Kier molecular flexibility index (Phi) is 4.58. The first-order chi connectivity index (χ1) is 9.76. The molecular formula is C15H20BrN3S. The zero-order valence-electron chi connectivity index (χ0n) is 11.7. The van der Waals surface area contributed by atoms with Crippen LogP contribution in [0.5, 0.6) is 0 Å². The maximum atomic E-state index is 4.78. The zero-order chi connectivity index (χ0) is 13.9. The minimum Gasteiger partial charge on any atom is -0.312 e. The molecule has 1 fully saturated rings. The molecule has 3 nitrogen and oxygen atoms in total. The number of nitrogens with zero attached hydrogens (tertiary/aromatic N) is 2. The van der Waals surface area contributed by atoms with Gasteiger partial charge in [0.25, 0.3) is 0 Å². The highest BCUT2D eigenvalue weighted by atomic mass is 79.9. The highest BCUT2D eigenvalue weighted by Crippen LogP contribution is 2.30. The van der Waals surface area contributed by atoms with Gasteiger partial charge in [0.15, 0.2) is 0 Å². The Bertz CT molecular complexity index is 557. The van der Waals surface area contributed by atoms with Gasteiger partial charge in [-0.25, -0.2) is 0 Å². The Morgan fingerprint density at radius 3 is 2.95 bits per heavy atom. The van der Waals surface area contributed by atoms with E-state index in [1.54, 1.807) is 11.3 Å². The summed E-state index contributed by atoms with van der Waals surface area (Å²) in [5.41, 5.74) is 1.18. The second kappa shape index (κ2) is 6.41. The molecule has 1 aliphatic carbocycles. The van der Waals surface area contributed by atoms with Gasteiger partial charge in [-0.3, -0.25) is 4.68 Å². The molecular weight excluding hydrogens is 334 g/mol. The van der Waals surface area contributed by atoms with Crippen LogP contribution in [0.4, 0.5) is 0 Å². The number of hydrogen-bond donors (Lipinski definition) is 1. The Labute approximate surface area is 132 Å². The van der Waals surface area contributed by atoms with E-state index in [0.717, 1.165) is 10.9 Å². The topological polar surface area (TPSA) is 29.9 Å². The van der Waals surface area contributed by atoms with Crippen molar-refractivity contribution in [3.8, 4) is 0 Å². The van der Waals surface area contributed by atoms with Crippen LogP contribution in [0.25, 0.3) is 0 Å². The summed E-state index contributed by atoms with van der Waals surface area (Å²) in [7, 11) is 2.02. The molecule has 0 spiro atoms. The van der Waals surface area contributed by atoms with Crippen molar-refractivity contribution in [2.45, 2.75) is 44.2 Å². The van der Waals surface area contributed by atoms with Crippen LogP contribution in [0.15, 0.2) is 28.2 Å². The lowest BCUT2D eigenvalue weighted by molar-refractivity contribution is 0.459. The molecule has 1 saturated carbocycles. The molecule has 0 saturated heterocycles. The van der Waals surface area contributed by atoms with E-state index in [2.05, 4.69) is 49.6 Å². The number of hydrogen-bond acceptors (Lipinski definition) is 3. The summed E-state index contributed by atoms with van der Waals surface area (Å²) in [6.45, 7) is 0. The van der Waals surface area contributed by atoms with Crippen LogP contribution in [-0.4, -0.2) is 16.8 Å². The van der Waals surface area contributed by atoms with Gasteiger partial charge in [-0.15, -0.1) is 11.3 Å². The number of rotatable bonds is 5. The Balaban J connectivity index is 1.69. The lowest BCUT2D eigenvalue weighted by atomic mass is 10.1. The lowest BCUT2D eigenvalue weighted by Gasteiger charge is -2.13. The normalized spacial score (nSPS) is 17.7. The average molecular weight is 354 g/mol. The molecule has 1 atom stereocenters. The van der Waals surface area contributed by atoms with Crippen molar-refractivity contribution in [2.75, 3.05) is 7.05 Å². The van der Waals surface area contributed by atoms with E-state index in [1.165, 1.54) is 36.3 Å². The van der Waals surface area contributed by atoms with E-state index in [4.69, 9.17) is 5.10 Å². The lowest BCUT2D eigenvalue weighted by Crippen LogP contribution is -2.18. The van der Waals surface area contributed by atoms with Gasteiger partial charge in [0.2, 0.25) is 0 Å². The van der Waals surface area contributed by atoms with Crippen LogP contribution in [0.1, 0.15) is 48.3 Å². The third-order valence-corrected chi connectivity index (χ3v) is 5.86. The summed E-state index contributed by atoms with van der Waals surface area (Å²) in [4.78, 5) is 1.36. The molecule has 1 unspecified atom stereocenters. The molecule has 20 heavy (non-hydrogen) atoms. The monoisotopic (exact) mass is 353 g/mol. The fourth-order valence-electron chi connectivity index (χ4n) is 2.92. The number of thiophene rings is 1. The van der Waals surface area contributed by atoms with Crippen molar-refractivity contribution in [1.29, 1.82) is 0 Å². The molecule has 2 aromatic heterocycles. The summed E-state index contributed by atoms with van der Waals surface area (Å²) in [6, 6.07) is 5.34. The number of halogens is 1. The minimum atomic E-state index is 0.346. The highest BCUT2D eigenvalue weighted by molar-refractivity contribution is 9.10. The summed E-state index contributed by atoms with van der Waals surface area (Å²) >= 11 is 5.32. The molecule has 0 aromatic carbocycles. The maximum absolute atomic E-state index is 4.78. The molecule has 0 radical (unpaired) electrons. The standard InChI is InChI=1S/C15H20BrN3S/c1-17-14(15-8-11(16)10-20-15)9-12-6-7-19(18-12)13-4-2-3-5-13/h6-8,10,13-14,17H,2-5,9H2,1H3. The Morgan fingerprint density at radius 1 is 1.50 bits per heavy atom. The van der Waals surface area contributed by atoms with E-state index in [0.29, 0.717) is 12.1 Å². The number of nitrogens with one attached hydrogen (secondary N) is 1. The number of aromatic nitrogens is 2. The largest absolute Gasteiger partial charge is 0.312 e. The first kappa shape index (κ1) is 14.3. The summed E-state index contributed by atoms with van der Waals surface area (Å²) in [6.07, 6.45) is 8.37. The molecule has 1 aliphatic rings. The zero-order valence-corrected chi connectivity index (χ0v) is 14.1. The van der Waals surface area contributed by atoms with Crippen LogP contribution in [0.3, 0.4) is 0 Å². The van der Waals surface area contributed by atoms with E-state index >= 15 is 0 Å². The molecule has 2 aromatic rings. The van der Waals surface area contributed by atoms with Gasteiger partial charge in [0.05, 0.1) is 11.7 Å². The highest BCUT2D eigenvalue weighted by Gasteiger charge is 2.19. The van der Waals surface area contributed by atoms with Gasteiger partial charge in [0.1, 0.15) is 0 Å². The first-order valence-corrected chi connectivity index (χ1v) is 8.89. The van der Waals surface area contributed by atoms with Gasteiger partial charge in [-0.05, 0) is 48.0 Å². The summed E-state index contributed by atoms with van der Waals surface area (Å²) in [5, 5.41) is 10.3. The van der Waals surface area contributed by atoms with Crippen molar-refractivity contribution >= 4 is 27.3 Å². The van der Waals surface area contributed by atoms with Gasteiger partial charge < -0.3 is 5.32 Å². The van der Waals surface area contributed by atoms with Crippen LogP contribution in [-0.2, 0) is 6.42 Å². The van der Waals surface area contributed by atoms with Crippen LogP contribution < -0.4 is 5.32 Å². The fourth-order valence-corrected chi connectivity index (χ4v) is 4.48. The minimum absolute atomic E-state index is 0.346. The second-order valence-electron chi connectivity index (χ2n) is 5.44. The van der Waals surface area contributed by atoms with Gasteiger partial charge in [-0.2, -0.15) is 5.10 Å². The van der Waals surface area contributed by atoms with Crippen LogP contribution in [0.2, 0.25) is 0 Å². The molecule has 2 heterocycles. The van der Waals surface area contributed by atoms with Gasteiger partial charge >= 0.3 is 0 Å². The summed E-state index contributed by atoms with van der Waals surface area (Å²) in [5.74, 6) is 0. The maximum Gasteiger partial charge on any atom is 0.0644 e. The van der Waals surface area contributed by atoms with E-state index in [-0.39, 0.29) is 0 Å². The predicted octanol–water partition coefficient (Wildman–Crippen LogP) is 4.33. The smallest absolute Gasteiger partial charge is 0.0644 e. The molecule has 0 aliphatic heterocycles. The van der Waals surface area contributed by atoms with E-state index < -0.39 is 0 Å². The third kappa shape index (κ3) is 3.15. The van der Waals surface area contributed by atoms with Crippen molar-refractivity contribution in [3.05, 3.63) is 38.8 Å². The summed E-state index contributed by atoms with van der Waals surface area (Å²) < 4.78 is 3.34. The second-order valence-corrected chi connectivity index (χ2v) is 7.30.